The van der Waals surface area contributed by atoms with Gasteiger partial charge in [0.15, 0.2) is 0 Å². The second-order valence-electron chi connectivity index (χ2n) is 4.33. The molecule has 0 saturated carbocycles. The maximum Gasteiger partial charge on any atom is 0.0964 e. The minimum atomic E-state index is 0.574. The van der Waals surface area contributed by atoms with Gasteiger partial charge in [-0.2, -0.15) is 0 Å². The van der Waals surface area contributed by atoms with E-state index in [1.54, 1.807) is 0 Å². The molecule has 0 aliphatic carbocycles. The molecule has 1 heterocycles. The van der Waals surface area contributed by atoms with Gasteiger partial charge >= 0.3 is 0 Å². The second-order valence-corrected chi connectivity index (χ2v) is 4.33. The van der Waals surface area contributed by atoms with Crippen LogP contribution in [0.4, 0.5) is 0 Å². The van der Waals surface area contributed by atoms with Gasteiger partial charge in [0.25, 0.3) is 0 Å². The van der Waals surface area contributed by atoms with Crippen LogP contribution >= 0.6 is 0 Å². The maximum absolute atomic E-state index is 4.11. The minimum absolute atomic E-state index is 0.574. The van der Waals surface area contributed by atoms with Crippen LogP contribution in [0.1, 0.15) is 26.5 Å². The Hall–Kier alpha value is -0.940. The predicted octanol–water partition coefficient (Wildman–Crippen LogP) is 0.728. The van der Waals surface area contributed by atoms with Gasteiger partial charge in [-0.05, 0) is 27.4 Å². The average Bonchev–Trinajstić information content (AvgIpc) is 2.70. The van der Waals surface area contributed by atoms with E-state index in [9.17, 15) is 0 Å². The molecule has 0 aliphatic heterocycles. The lowest BCUT2D eigenvalue weighted by Gasteiger charge is -2.20. The molecule has 0 saturated heterocycles. The molecule has 0 aliphatic rings. The number of hydrogen-bond acceptors (Lipinski definition) is 4. The van der Waals surface area contributed by atoms with E-state index in [-0.39, 0.29) is 0 Å². The van der Waals surface area contributed by atoms with Gasteiger partial charge in [0.05, 0.1) is 12.2 Å². The van der Waals surface area contributed by atoms with Crippen molar-refractivity contribution in [2.75, 3.05) is 20.1 Å². The maximum atomic E-state index is 4.11. The van der Waals surface area contributed by atoms with Crippen LogP contribution in [0.2, 0.25) is 0 Å². The van der Waals surface area contributed by atoms with Crippen LogP contribution in [0, 0.1) is 0 Å². The molecule has 0 bridgehead atoms. The molecule has 1 N–H and O–H groups in total. The summed E-state index contributed by atoms with van der Waals surface area (Å²) in [7, 11) is 2.13. The summed E-state index contributed by atoms with van der Waals surface area (Å²) >= 11 is 0. The lowest BCUT2D eigenvalue weighted by molar-refractivity contribution is 0.258. The van der Waals surface area contributed by atoms with Crippen molar-refractivity contribution in [2.24, 2.45) is 0 Å². The van der Waals surface area contributed by atoms with Crippen LogP contribution in [0.15, 0.2) is 6.20 Å². The van der Waals surface area contributed by atoms with Gasteiger partial charge in [0.2, 0.25) is 0 Å². The molecule has 0 unspecified atom stereocenters. The Morgan fingerprint density at radius 3 is 2.88 bits per heavy atom. The van der Waals surface area contributed by atoms with Crippen molar-refractivity contribution in [1.29, 1.82) is 0 Å². The molecule has 0 fully saturated rings. The first-order chi connectivity index (χ1) is 7.63. The fourth-order valence-electron chi connectivity index (χ4n) is 1.30. The third-order valence-corrected chi connectivity index (χ3v) is 2.71. The summed E-state index contributed by atoms with van der Waals surface area (Å²) in [6.07, 6.45) is 2.01. The largest absolute Gasteiger partial charge is 0.311 e. The number of nitrogens with zero attached hydrogens (tertiary/aromatic N) is 4. The van der Waals surface area contributed by atoms with E-state index in [1.165, 1.54) is 0 Å². The zero-order valence-corrected chi connectivity index (χ0v) is 10.8. The molecular formula is C11H23N5. The van der Waals surface area contributed by atoms with Crippen molar-refractivity contribution >= 4 is 0 Å². The third-order valence-electron chi connectivity index (χ3n) is 2.71. The van der Waals surface area contributed by atoms with Gasteiger partial charge in [0, 0.05) is 25.3 Å². The molecule has 5 heteroatoms. The molecule has 0 amide bonds. The Morgan fingerprint density at radius 2 is 2.25 bits per heavy atom. The Kier molecular flexibility index (Phi) is 5.42. The number of likely N-dealkylation sites (N-methyl/N-ethyl adjacent to an activating group) is 1. The number of aromatic nitrogens is 3. The number of hydrogen-bond donors (Lipinski definition) is 1. The van der Waals surface area contributed by atoms with E-state index >= 15 is 0 Å². The Labute approximate surface area is 97.8 Å². The Bertz CT molecular complexity index is 294. The molecule has 1 rings (SSSR count). The Morgan fingerprint density at radius 1 is 1.50 bits per heavy atom. The molecular weight excluding hydrogens is 202 g/mol. The summed E-state index contributed by atoms with van der Waals surface area (Å²) in [6, 6.07) is 0.574. The van der Waals surface area contributed by atoms with E-state index < -0.39 is 0 Å². The van der Waals surface area contributed by atoms with Crippen LogP contribution in [-0.4, -0.2) is 46.1 Å². The molecule has 5 nitrogen and oxygen atoms in total. The van der Waals surface area contributed by atoms with Gasteiger partial charge in [0.1, 0.15) is 0 Å². The van der Waals surface area contributed by atoms with Crippen molar-refractivity contribution in [1.82, 2.24) is 25.2 Å². The fourth-order valence-corrected chi connectivity index (χ4v) is 1.30. The molecule has 16 heavy (non-hydrogen) atoms. The van der Waals surface area contributed by atoms with Gasteiger partial charge in [-0.3, -0.25) is 4.68 Å². The highest BCUT2D eigenvalue weighted by Crippen LogP contribution is 1.96. The lowest BCUT2D eigenvalue weighted by Crippen LogP contribution is -2.29. The van der Waals surface area contributed by atoms with Crippen LogP contribution in [0.3, 0.4) is 0 Å². The fraction of sp³-hybridized carbons (Fsp3) is 0.818. The quantitative estimate of drug-likeness (QED) is 0.743. The molecule has 0 spiro atoms. The van der Waals surface area contributed by atoms with Crippen molar-refractivity contribution in [3.63, 3.8) is 0 Å². The van der Waals surface area contributed by atoms with Crippen LogP contribution < -0.4 is 5.32 Å². The first-order valence-electron chi connectivity index (χ1n) is 5.93. The SMILES string of the molecule is CCNCc1cn(CCN(C)C(C)C)nn1. The zero-order chi connectivity index (χ0) is 12.0. The summed E-state index contributed by atoms with van der Waals surface area (Å²) in [6.45, 7) is 10.1. The Balaban J connectivity index is 2.34. The molecule has 0 atom stereocenters. The highest BCUT2D eigenvalue weighted by atomic mass is 15.4. The third kappa shape index (κ3) is 4.28. The van der Waals surface area contributed by atoms with Crippen molar-refractivity contribution < 1.29 is 0 Å². The first kappa shape index (κ1) is 13.1. The van der Waals surface area contributed by atoms with E-state index in [4.69, 9.17) is 0 Å². The van der Waals surface area contributed by atoms with Gasteiger partial charge in [-0.1, -0.05) is 12.1 Å². The van der Waals surface area contributed by atoms with Crippen molar-refractivity contribution in [2.45, 2.75) is 39.9 Å². The second kappa shape index (κ2) is 6.60. The summed E-state index contributed by atoms with van der Waals surface area (Å²) in [4.78, 5) is 2.30. The summed E-state index contributed by atoms with van der Waals surface area (Å²) in [5, 5.41) is 11.4. The van der Waals surface area contributed by atoms with E-state index in [0.717, 1.165) is 31.9 Å². The van der Waals surface area contributed by atoms with Crippen LogP contribution in [0.25, 0.3) is 0 Å². The van der Waals surface area contributed by atoms with E-state index in [2.05, 4.69) is 48.3 Å². The molecule has 0 aromatic carbocycles. The lowest BCUT2D eigenvalue weighted by atomic mass is 10.3. The van der Waals surface area contributed by atoms with Gasteiger partial charge in [-0.15, -0.1) is 5.10 Å². The highest BCUT2D eigenvalue weighted by Gasteiger charge is 2.04. The minimum Gasteiger partial charge on any atom is -0.311 e. The molecule has 92 valence electrons. The van der Waals surface area contributed by atoms with Crippen molar-refractivity contribution in [3.05, 3.63) is 11.9 Å². The van der Waals surface area contributed by atoms with Crippen LogP contribution in [0.5, 0.6) is 0 Å². The van der Waals surface area contributed by atoms with Gasteiger partial charge in [-0.25, -0.2) is 0 Å². The topological polar surface area (TPSA) is 46.0 Å². The molecule has 0 radical (unpaired) electrons. The number of rotatable bonds is 7. The van der Waals surface area contributed by atoms with E-state index in [0.29, 0.717) is 6.04 Å². The van der Waals surface area contributed by atoms with Crippen molar-refractivity contribution in [3.8, 4) is 0 Å². The normalized spacial score (nSPS) is 11.6. The summed E-state index contributed by atoms with van der Waals surface area (Å²) in [5.74, 6) is 0. The van der Waals surface area contributed by atoms with Crippen LogP contribution in [-0.2, 0) is 13.1 Å². The van der Waals surface area contributed by atoms with E-state index in [1.807, 2.05) is 10.9 Å². The summed E-state index contributed by atoms with van der Waals surface area (Å²) in [5.41, 5.74) is 1.01. The monoisotopic (exact) mass is 225 g/mol. The first-order valence-corrected chi connectivity index (χ1v) is 5.93. The smallest absolute Gasteiger partial charge is 0.0964 e. The average molecular weight is 225 g/mol. The summed E-state index contributed by atoms with van der Waals surface area (Å²) < 4.78 is 1.91. The van der Waals surface area contributed by atoms with Gasteiger partial charge < -0.3 is 10.2 Å². The highest BCUT2D eigenvalue weighted by molar-refractivity contribution is 4.91. The zero-order valence-electron chi connectivity index (χ0n) is 10.8. The molecule has 1 aromatic heterocycles. The standard InChI is InChI=1S/C11H23N5/c1-5-12-8-11-9-16(14-13-11)7-6-15(4)10(2)3/h9-10,12H,5-8H2,1-4H3. The number of nitrogens with one attached hydrogen (secondary N) is 1. The predicted molar refractivity (Wildman–Crippen MR) is 65.2 cm³/mol. The molecule has 1 aromatic rings.